The summed E-state index contributed by atoms with van der Waals surface area (Å²) in [6.07, 6.45) is 5.11. The first-order chi connectivity index (χ1) is 12.0. The molecule has 128 valence electrons. The molecular weight excluding hydrogens is 312 g/mol. The quantitative estimate of drug-likeness (QED) is 0.745. The van der Waals surface area contributed by atoms with Crippen molar-refractivity contribution in [1.82, 2.24) is 20.3 Å². The number of pyridine rings is 1. The highest BCUT2D eigenvalue weighted by molar-refractivity contribution is 5.95. The molecule has 0 saturated carbocycles. The van der Waals surface area contributed by atoms with Gasteiger partial charge < -0.3 is 10.3 Å². The standard InChI is InChI=1S/C20H22N4O/c1-13(2)19-22-11-18(24-19)12-23-20(25)17-8-16(9-21-10-17)15-6-4-14(3)5-7-15/h4-11,13H,12H2,1-3H3,(H,22,24)(H,23,25). The Bertz CT molecular complexity index is 865. The second-order valence-electron chi connectivity index (χ2n) is 6.46. The van der Waals surface area contributed by atoms with Gasteiger partial charge in [0.1, 0.15) is 5.82 Å². The molecule has 25 heavy (non-hydrogen) atoms. The van der Waals surface area contributed by atoms with Gasteiger partial charge in [-0.1, -0.05) is 43.7 Å². The maximum Gasteiger partial charge on any atom is 0.253 e. The van der Waals surface area contributed by atoms with Crippen LogP contribution in [0.2, 0.25) is 0 Å². The first kappa shape index (κ1) is 16.9. The Morgan fingerprint density at radius 2 is 1.88 bits per heavy atom. The van der Waals surface area contributed by atoms with E-state index in [4.69, 9.17) is 0 Å². The Morgan fingerprint density at radius 1 is 1.12 bits per heavy atom. The van der Waals surface area contributed by atoms with E-state index < -0.39 is 0 Å². The van der Waals surface area contributed by atoms with Gasteiger partial charge >= 0.3 is 0 Å². The van der Waals surface area contributed by atoms with Crippen LogP contribution in [0.15, 0.2) is 48.9 Å². The summed E-state index contributed by atoms with van der Waals surface area (Å²) in [7, 11) is 0. The predicted molar refractivity (Wildman–Crippen MR) is 98.3 cm³/mol. The zero-order chi connectivity index (χ0) is 17.8. The molecule has 0 spiro atoms. The molecule has 2 aromatic heterocycles. The fourth-order valence-electron chi connectivity index (χ4n) is 2.51. The van der Waals surface area contributed by atoms with Crippen LogP contribution in [-0.2, 0) is 6.54 Å². The van der Waals surface area contributed by atoms with Crippen molar-refractivity contribution in [2.75, 3.05) is 0 Å². The van der Waals surface area contributed by atoms with Gasteiger partial charge in [0.25, 0.3) is 5.91 Å². The monoisotopic (exact) mass is 334 g/mol. The minimum Gasteiger partial charge on any atom is -0.346 e. The summed E-state index contributed by atoms with van der Waals surface area (Å²) in [5.41, 5.74) is 4.60. The zero-order valence-corrected chi connectivity index (χ0v) is 14.7. The first-order valence-electron chi connectivity index (χ1n) is 8.37. The maximum absolute atomic E-state index is 12.4. The third kappa shape index (κ3) is 4.12. The lowest BCUT2D eigenvalue weighted by atomic mass is 10.0. The molecule has 0 aliphatic rings. The number of amides is 1. The van der Waals surface area contributed by atoms with Crippen LogP contribution >= 0.6 is 0 Å². The van der Waals surface area contributed by atoms with Gasteiger partial charge in [-0.3, -0.25) is 9.78 Å². The van der Waals surface area contributed by atoms with Crippen molar-refractivity contribution < 1.29 is 4.79 Å². The lowest BCUT2D eigenvalue weighted by Gasteiger charge is -2.06. The Balaban J connectivity index is 1.69. The second kappa shape index (κ2) is 7.30. The molecule has 3 rings (SSSR count). The van der Waals surface area contributed by atoms with E-state index in [0.29, 0.717) is 18.0 Å². The van der Waals surface area contributed by atoms with Crippen LogP contribution < -0.4 is 5.32 Å². The fourth-order valence-corrected chi connectivity index (χ4v) is 2.51. The molecule has 1 aromatic carbocycles. The highest BCUT2D eigenvalue weighted by Gasteiger charge is 2.10. The molecule has 2 heterocycles. The Labute approximate surface area is 147 Å². The number of aryl methyl sites for hydroxylation is 1. The lowest BCUT2D eigenvalue weighted by Crippen LogP contribution is -2.23. The molecule has 0 fully saturated rings. The Kier molecular flexibility index (Phi) is 4.93. The Morgan fingerprint density at radius 3 is 2.56 bits per heavy atom. The number of H-pyrrole nitrogens is 1. The van der Waals surface area contributed by atoms with Crippen LogP contribution in [0.1, 0.15) is 47.2 Å². The van der Waals surface area contributed by atoms with E-state index in [1.807, 2.05) is 37.3 Å². The van der Waals surface area contributed by atoms with Crippen LogP contribution in [0.25, 0.3) is 11.1 Å². The number of benzene rings is 1. The average molecular weight is 334 g/mol. The zero-order valence-electron chi connectivity index (χ0n) is 14.7. The van der Waals surface area contributed by atoms with Gasteiger partial charge in [0.15, 0.2) is 0 Å². The van der Waals surface area contributed by atoms with E-state index in [0.717, 1.165) is 22.6 Å². The number of aromatic amines is 1. The lowest BCUT2D eigenvalue weighted by molar-refractivity contribution is 0.0950. The van der Waals surface area contributed by atoms with Crippen LogP contribution in [0.4, 0.5) is 0 Å². The molecule has 1 amide bonds. The topological polar surface area (TPSA) is 70.7 Å². The molecule has 0 unspecified atom stereocenters. The molecular formula is C20H22N4O. The van der Waals surface area contributed by atoms with Gasteiger partial charge in [0.2, 0.25) is 0 Å². The van der Waals surface area contributed by atoms with Gasteiger partial charge in [-0.15, -0.1) is 0 Å². The van der Waals surface area contributed by atoms with Crippen LogP contribution in [0.5, 0.6) is 0 Å². The molecule has 3 aromatic rings. The third-order valence-corrected chi connectivity index (χ3v) is 4.02. The third-order valence-electron chi connectivity index (χ3n) is 4.02. The summed E-state index contributed by atoms with van der Waals surface area (Å²) in [5.74, 6) is 1.11. The number of aromatic nitrogens is 3. The highest BCUT2D eigenvalue weighted by Crippen LogP contribution is 2.20. The summed E-state index contributed by atoms with van der Waals surface area (Å²) in [6, 6.07) is 10.0. The minimum atomic E-state index is -0.151. The van der Waals surface area contributed by atoms with Crippen LogP contribution in [0.3, 0.4) is 0 Å². The van der Waals surface area contributed by atoms with E-state index in [2.05, 4.69) is 34.1 Å². The normalized spacial score (nSPS) is 10.9. The summed E-state index contributed by atoms with van der Waals surface area (Å²) >= 11 is 0. The number of imidazole rings is 1. The van der Waals surface area contributed by atoms with Gasteiger partial charge in [-0.05, 0) is 18.6 Å². The van der Waals surface area contributed by atoms with Crippen molar-refractivity contribution in [2.24, 2.45) is 0 Å². The van der Waals surface area contributed by atoms with Gasteiger partial charge in [-0.25, -0.2) is 4.98 Å². The average Bonchev–Trinajstić information content (AvgIpc) is 3.10. The molecule has 5 heteroatoms. The molecule has 5 nitrogen and oxygen atoms in total. The molecule has 2 N–H and O–H groups in total. The largest absolute Gasteiger partial charge is 0.346 e. The molecule has 0 aliphatic heterocycles. The summed E-state index contributed by atoms with van der Waals surface area (Å²) < 4.78 is 0. The van der Waals surface area contributed by atoms with Crippen molar-refractivity contribution in [3.05, 3.63) is 71.6 Å². The summed E-state index contributed by atoms with van der Waals surface area (Å²) in [5, 5.41) is 2.91. The number of hydrogen-bond donors (Lipinski definition) is 2. The van der Waals surface area contributed by atoms with E-state index in [9.17, 15) is 4.79 Å². The number of carbonyl (C=O) groups is 1. The van der Waals surface area contributed by atoms with Crippen molar-refractivity contribution >= 4 is 5.91 Å². The fraction of sp³-hybridized carbons (Fsp3) is 0.250. The number of hydrogen-bond acceptors (Lipinski definition) is 3. The van der Waals surface area contributed by atoms with Crippen molar-refractivity contribution in [3.8, 4) is 11.1 Å². The van der Waals surface area contributed by atoms with Crippen molar-refractivity contribution in [2.45, 2.75) is 33.2 Å². The number of rotatable bonds is 5. The van der Waals surface area contributed by atoms with Crippen LogP contribution in [-0.4, -0.2) is 20.9 Å². The minimum absolute atomic E-state index is 0.151. The summed E-state index contributed by atoms with van der Waals surface area (Å²) in [6.45, 7) is 6.60. The van der Waals surface area contributed by atoms with Gasteiger partial charge in [0.05, 0.1) is 24.0 Å². The van der Waals surface area contributed by atoms with Crippen LogP contribution in [0, 0.1) is 6.92 Å². The van der Waals surface area contributed by atoms with Gasteiger partial charge in [-0.2, -0.15) is 0 Å². The molecule has 0 saturated heterocycles. The predicted octanol–water partition coefficient (Wildman–Crippen LogP) is 3.83. The Hall–Kier alpha value is -2.95. The summed E-state index contributed by atoms with van der Waals surface area (Å²) in [4.78, 5) is 24.1. The number of nitrogens with zero attached hydrogens (tertiary/aromatic N) is 2. The van der Waals surface area contributed by atoms with E-state index >= 15 is 0 Å². The van der Waals surface area contributed by atoms with Gasteiger partial charge in [0, 0.05) is 23.9 Å². The molecule has 0 aliphatic carbocycles. The van der Waals surface area contributed by atoms with E-state index in [1.54, 1.807) is 18.6 Å². The highest BCUT2D eigenvalue weighted by atomic mass is 16.1. The number of nitrogens with one attached hydrogen (secondary N) is 2. The van der Waals surface area contributed by atoms with E-state index in [-0.39, 0.29) is 5.91 Å². The van der Waals surface area contributed by atoms with Crippen molar-refractivity contribution in [1.29, 1.82) is 0 Å². The second-order valence-corrected chi connectivity index (χ2v) is 6.46. The number of carbonyl (C=O) groups excluding carboxylic acids is 1. The molecule has 0 atom stereocenters. The maximum atomic E-state index is 12.4. The smallest absolute Gasteiger partial charge is 0.253 e. The SMILES string of the molecule is Cc1ccc(-c2cncc(C(=O)NCc3cnc(C(C)C)[nH]3)c2)cc1. The molecule has 0 bridgehead atoms. The van der Waals surface area contributed by atoms with E-state index in [1.165, 1.54) is 5.56 Å². The first-order valence-corrected chi connectivity index (χ1v) is 8.37. The molecule has 0 radical (unpaired) electrons. The van der Waals surface area contributed by atoms with Crippen molar-refractivity contribution in [3.63, 3.8) is 0 Å².